The molecule has 23 heavy (non-hydrogen) atoms. The van der Waals surface area contributed by atoms with Crippen LogP contribution < -0.4 is 5.32 Å². The molecule has 0 aromatic carbocycles. The topological polar surface area (TPSA) is 104 Å². The molecule has 0 radical (unpaired) electrons. The number of carbonyl (C=O) groups excluding carboxylic acids is 1. The predicted octanol–water partition coefficient (Wildman–Crippen LogP) is 1.20. The van der Waals surface area contributed by atoms with Gasteiger partial charge >= 0.3 is 5.97 Å². The number of nitrogens with one attached hydrogen (secondary N) is 1. The van der Waals surface area contributed by atoms with Crippen molar-refractivity contribution in [2.75, 3.05) is 18.8 Å². The summed E-state index contributed by atoms with van der Waals surface area (Å²) < 4.78 is 26.6. The molecule has 0 aliphatic heterocycles. The second-order valence-electron chi connectivity index (χ2n) is 6.74. The number of sulfonamides is 1. The lowest BCUT2D eigenvalue weighted by molar-refractivity contribution is -0.140. The van der Waals surface area contributed by atoms with Crippen LogP contribution in [0.25, 0.3) is 0 Å². The zero-order valence-corrected chi connectivity index (χ0v) is 15.0. The summed E-state index contributed by atoms with van der Waals surface area (Å²) in [6.45, 7) is 4.72. The van der Waals surface area contributed by atoms with Gasteiger partial charge in [-0.05, 0) is 25.2 Å². The third kappa shape index (κ3) is 6.10. The molecular weight excluding hydrogens is 320 g/mol. The first-order valence-electron chi connectivity index (χ1n) is 8.04. The van der Waals surface area contributed by atoms with Gasteiger partial charge in [0.2, 0.25) is 15.9 Å². The van der Waals surface area contributed by atoms with Gasteiger partial charge in [0.05, 0.1) is 5.75 Å². The van der Waals surface area contributed by atoms with E-state index in [9.17, 15) is 23.1 Å². The number of carboxylic acid groups (broad SMARTS) is 1. The Kier molecular flexibility index (Phi) is 7.01. The van der Waals surface area contributed by atoms with Gasteiger partial charge < -0.3 is 10.4 Å². The van der Waals surface area contributed by atoms with Crippen molar-refractivity contribution in [2.24, 2.45) is 5.41 Å². The van der Waals surface area contributed by atoms with Gasteiger partial charge in [0.25, 0.3) is 0 Å². The van der Waals surface area contributed by atoms with Crippen LogP contribution in [0, 0.1) is 5.41 Å². The Morgan fingerprint density at radius 1 is 1.26 bits per heavy atom. The minimum absolute atomic E-state index is 0.0362. The van der Waals surface area contributed by atoms with Crippen LogP contribution in [0.3, 0.4) is 0 Å². The number of aliphatic carboxylic acids is 1. The molecule has 1 rings (SSSR count). The molecule has 0 bridgehead atoms. The van der Waals surface area contributed by atoms with Crippen molar-refractivity contribution in [3.05, 3.63) is 0 Å². The van der Waals surface area contributed by atoms with Crippen molar-refractivity contribution < 1.29 is 23.1 Å². The highest BCUT2D eigenvalue weighted by atomic mass is 32.2. The summed E-state index contributed by atoms with van der Waals surface area (Å²) in [5.41, 5.74) is -0.304. The van der Waals surface area contributed by atoms with Crippen LogP contribution in [0.1, 0.15) is 52.9 Å². The van der Waals surface area contributed by atoms with Crippen LogP contribution >= 0.6 is 0 Å². The smallest absolute Gasteiger partial charge is 0.321 e. The molecule has 0 aromatic heterocycles. The lowest BCUT2D eigenvalue weighted by Crippen LogP contribution is -2.49. The molecule has 0 spiro atoms. The van der Waals surface area contributed by atoms with E-state index in [2.05, 4.69) is 5.32 Å². The molecule has 1 saturated carbocycles. The average Bonchev–Trinajstić information content (AvgIpc) is 2.41. The zero-order chi connectivity index (χ0) is 17.7. The molecule has 7 nitrogen and oxygen atoms in total. The van der Waals surface area contributed by atoms with Gasteiger partial charge in [-0.1, -0.05) is 26.2 Å². The van der Waals surface area contributed by atoms with E-state index < -0.39 is 22.0 Å². The Balaban J connectivity index is 2.88. The highest BCUT2D eigenvalue weighted by Gasteiger charge is 2.38. The molecule has 1 aliphatic rings. The van der Waals surface area contributed by atoms with Crippen LogP contribution in [0.4, 0.5) is 0 Å². The van der Waals surface area contributed by atoms with Gasteiger partial charge in [0, 0.05) is 20.0 Å². The number of nitrogens with zero attached hydrogens (tertiary/aromatic N) is 1. The maximum Gasteiger partial charge on any atom is 0.321 e. The van der Waals surface area contributed by atoms with E-state index in [0.717, 1.165) is 36.4 Å². The standard InChI is InChI=1S/C15H28N2O5S/c1-12(14(19)20)17(10-9-16-13(2)18)23(21,22)11-15(3)7-5-4-6-8-15/h12H,4-11H2,1-3H3,(H,16,18)(H,19,20). The van der Waals surface area contributed by atoms with Crippen LogP contribution in [0.15, 0.2) is 0 Å². The molecule has 1 atom stereocenters. The summed E-state index contributed by atoms with van der Waals surface area (Å²) in [5.74, 6) is -1.51. The first-order valence-corrected chi connectivity index (χ1v) is 9.65. The Bertz CT molecular complexity index is 526. The fourth-order valence-electron chi connectivity index (χ4n) is 3.11. The summed E-state index contributed by atoms with van der Waals surface area (Å²) >= 11 is 0. The molecule has 0 saturated heterocycles. The highest BCUT2D eigenvalue weighted by molar-refractivity contribution is 7.89. The minimum Gasteiger partial charge on any atom is -0.480 e. The van der Waals surface area contributed by atoms with Crippen LogP contribution in [-0.4, -0.2) is 54.6 Å². The fraction of sp³-hybridized carbons (Fsp3) is 0.867. The molecule has 0 aromatic rings. The quantitative estimate of drug-likeness (QED) is 0.686. The SMILES string of the molecule is CC(=O)NCCN(C(C)C(=O)O)S(=O)(=O)CC1(C)CCCCC1. The zero-order valence-electron chi connectivity index (χ0n) is 14.2. The lowest BCUT2D eigenvalue weighted by atomic mass is 9.77. The Hall–Kier alpha value is -1.15. The molecule has 1 amide bonds. The first-order chi connectivity index (χ1) is 10.6. The van der Waals surface area contributed by atoms with E-state index in [1.807, 2.05) is 6.92 Å². The summed E-state index contributed by atoms with van der Waals surface area (Å²) in [5, 5.41) is 11.7. The molecule has 8 heteroatoms. The number of carbonyl (C=O) groups is 2. The molecule has 1 unspecified atom stereocenters. The van der Waals surface area contributed by atoms with Crippen molar-refractivity contribution in [1.29, 1.82) is 0 Å². The fourth-order valence-corrected chi connectivity index (χ4v) is 5.39. The van der Waals surface area contributed by atoms with E-state index in [-0.39, 0.29) is 30.2 Å². The van der Waals surface area contributed by atoms with Crippen LogP contribution in [0.2, 0.25) is 0 Å². The van der Waals surface area contributed by atoms with Crippen LogP contribution in [0.5, 0.6) is 0 Å². The number of carboxylic acids is 1. The normalized spacial score (nSPS) is 19.3. The Labute approximate surface area is 138 Å². The van der Waals surface area contributed by atoms with E-state index in [4.69, 9.17) is 0 Å². The van der Waals surface area contributed by atoms with Gasteiger partial charge in [0.15, 0.2) is 0 Å². The molecule has 2 N–H and O–H groups in total. The average molecular weight is 348 g/mol. The molecule has 0 heterocycles. The van der Waals surface area contributed by atoms with Gasteiger partial charge in [-0.3, -0.25) is 9.59 Å². The molecule has 1 fully saturated rings. The monoisotopic (exact) mass is 348 g/mol. The van der Waals surface area contributed by atoms with E-state index >= 15 is 0 Å². The first kappa shape index (κ1) is 19.9. The Morgan fingerprint density at radius 2 is 1.83 bits per heavy atom. The van der Waals surface area contributed by atoms with Crippen molar-refractivity contribution >= 4 is 21.9 Å². The van der Waals surface area contributed by atoms with E-state index in [1.54, 1.807) is 0 Å². The van der Waals surface area contributed by atoms with Crippen molar-refractivity contribution in [3.8, 4) is 0 Å². The second kappa shape index (κ2) is 8.10. The van der Waals surface area contributed by atoms with Crippen molar-refractivity contribution in [3.63, 3.8) is 0 Å². The maximum atomic E-state index is 12.8. The van der Waals surface area contributed by atoms with Gasteiger partial charge in [-0.25, -0.2) is 8.42 Å². The highest BCUT2D eigenvalue weighted by Crippen LogP contribution is 2.37. The van der Waals surface area contributed by atoms with Crippen molar-refractivity contribution in [2.45, 2.75) is 58.9 Å². The number of hydrogen-bond donors (Lipinski definition) is 2. The molecular formula is C15H28N2O5S. The van der Waals surface area contributed by atoms with Crippen molar-refractivity contribution in [1.82, 2.24) is 9.62 Å². The van der Waals surface area contributed by atoms with Gasteiger partial charge in [0.1, 0.15) is 6.04 Å². The van der Waals surface area contributed by atoms with Gasteiger partial charge in [-0.2, -0.15) is 4.31 Å². The largest absolute Gasteiger partial charge is 0.480 e. The summed E-state index contributed by atoms with van der Waals surface area (Å²) in [4.78, 5) is 22.2. The molecule has 134 valence electrons. The van der Waals surface area contributed by atoms with Gasteiger partial charge in [-0.15, -0.1) is 0 Å². The third-order valence-corrected chi connectivity index (χ3v) is 6.72. The third-order valence-electron chi connectivity index (χ3n) is 4.44. The maximum absolute atomic E-state index is 12.8. The number of rotatable bonds is 8. The summed E-state index contributed by atoms with van der Waals surface area (Å²) in [7, 11) is -3.72. The number of amides is 1. The minimum atomic E-state index is -3.72. The molecule has 1 aliphatic carbocycles. The predicted molar refractivity (Wildman–Crippen MR) is 87.5 cm³/mol. The van der Waals surface area contributed by atoms with E-state index in [0.29, 0.717) is 0 Å². The Morgan fingerprint density at radius 3 is 2.30 bits per heavy atom. The second-order valence-corrected chi connectivity index (χ2v) is 8.66. The van der Waals surface area contributed by atoms with E-state index in [1.165, 1.54) is 13.8 Å². The summed E-state index contributed by atoms with van der Waals surface area (Å²) in [6.07, 6.45) is 4.81. The lowest BCUT2D eigenvalue weighted by Gasteiger charge is -2.36. The van der Waals surface area contributed by atoms with Crippen LogP contribution in [-0.2, 0) is 19.6 Å². The summed E-state index contributed by atoms with van der Waals surface area (Å²) in [6, 6.07) is -1.15. The number of hydrogen-bond acceptors (Lipinski definition) is 4.